The zero-order chi connectivity index (χ0) is 15.9. The zero-order valence-electron chi connectivity index (χ0n) is 12.2. The van der Waals surface area contributed by atoms with Crippen molar-refractivity contribution in [3.8, 4) is 5.75 Å². The average molecular weight is 328 g/mol. The van der Waals surface area contributed by atoms with Gasteiger partial charge in [-0.3, -0.25) is 0 Å². The van der Waals surface area contributed by atoms with Crippen molar-refractivity contribution >= 4 is 11.3 Å². The van der Waals surface area contributed by atoms with E-state index in [1.807, 2.05) is 5.38 Å². The highest BCUT2D eigenvalue weighted by molar-refractivity contribution is 7.09. The lowest BCUT2D eigenvalue weighted by molar-refractivity contribution is 0.106. The minimum Gasteiger partial charge on any atom is -0.491 e. The molecule has 1 aromatic heterocycles. The Kier molecular flexibility index (Phi) is 6.23. The van der Waals surface area contributed by atoms with Gasteiger partial charge in [0.2, 0.25) is 0 Å². The third-order valence-electron chi connectivity index (χ3n) is 2.92. The summed E-state index contributed by atoms with van der Waals surface area (Å²) < 4.78 is 31.0. The van der Waals surface area contributed by atoms with Gasteiger partial charge in [0.1, 0.15) is 18.5 Å². The summed E-state index contributed by atoms with van der Waals surface area (Å²) in [6, 6.07) is 3.26. The van der Waals surface area contributed by atoms with Crippen LogP contribution in [0.15, 0.2) is 23.6 Å². The van der Waals surface area contributed by atoms with Crippen LogP contribution in [-0.2, 0) is 13.0 Å². The molecule has 0 fully saturated rings. The number of hydrogen-bond acceptors (Lipinski definition) is 5. The second kappa shape index (κ2) is 8.17. The van der Waals surface area contributed by atoms with Crippen LogP contribution in [0.1, 0.15) is 17.6 Å². The maximum Gasteiger partial charge on any atom is 0.162 e. The standard InChI is InChI=1S/C15H18F2N2O2S/c1-2-15-19-10(9-22-15)6-18-7-11(20)8-21-12-3-4-13(16)14(17)5-12/h3-5,9,11,18,20H,2,6-8H2,1H3. The van der Waals surface area contributed by atoms with Crippen molar-refractivity contribution in [1.82, 2.24) is 10.3 Å². The third-order valence-corrected chi connectivity index (χ3v) is 3.96. The molecule has 0 saturated carbocycles. The molecule has 7 heteroatoms. The fraction of sp³-hybridized carbons (Fsp3) is 0.400. The number of ether oxygens (including phenoxy) is 1. The van der Waals surface area contributed by atoms with E-state index in [4.69, 9.17) is 4.74 Å². The zero-order valence-corrected chi connectivity index (χ0v) is 13.0. The minimum atomic E-state index is -0.972. The summed E-state index contributed by atoms with van der Waals surface area (Å²) >= 11 is 1.61. The van der Waals surface area contributed by atoms with Gasteiger partial charge in [-0.05, 0) is 18.6 Å². The second-order valence-electron chi connectivity index (χ2n) is 4.76. The molecule has 0 amide bonds. The third kappa shape index (κ3) is 5.01. The molecule has 0 spiro atoms. The van der Waals surface area contributed by atoms with Crippen LogP contribution in [0.3, 0.4) is 0 Å². The highest BCUT2D eigenvalue weighted by Gasteiger charge is 2.08. The maximum atomic E-state index is 13.0. The summed E-state index contributed by atoms with van der Waals surface area (Å²) in [6.07, 6.45) is 0.160. The number of aliphatic hydroxyl groups excluding tert-OH is 1. The number of thiazole rings is 1. The molecule has 1 unspecified atom stereocenters. The number of aromatic nitrogens is 1. The Labute approximate surface area is 131 Å². The molecule has 22 heavy (non-hydrogen) atoms. The van der Waals surface area contributed by atoms with Crippen molar-refractivity contribution in [1.29, 1.82) is 0 Å². The number of nitrogens with one attached hydrogen (secondary N) is 1. The van der Waals surface area contributed by atoms with Crippen LogP contribution >= 0.6 is 11.3 Å². The molecule has 4 nitrogen and oxygen atoms in total. The van der Waals surface area contributed by atoms with Gasteiger partial charge in [0.05, 0.1) is 10.7 Å². The number of rotatable bonds is 8. The van der Waals surface area contributed by atoms with Crippen LogP contribution in [0, 0.1) is 11.6 Å². The summed E-state index contributed by atoms with van der Waals surface area (Å²) in [5.74, 6) is -1.71. The molecule has 0 aliphatic carbocycles. The van der Waals surface area contributed by atoms with E-state index >= 15 is 0 Å². The molecular formula is C15H18F2N2O2S. The number of aryl methyl sites for hydroxylation is 1. The number of aliphatic hydroxyl groups is 1. The molecule has 1 atom stereocenters. The van der Waals surface area contributed by atoms with E-state index in [0.717, 1.165) is 29.3 Å². The summed E-state index contributed by atoms with van der Waals surface area (Å²) in [5.41, 5.74) is 0.940. The van der Waals surface area contributed by atoms with E-state index in [2.05, 4.69) is 17.2 Å². The van der Waals surface area contributed by atoms with Crippen LogP contribution in [0.4, 0.5) is 8.78 Å². The first-order valence-corrected chi connectivity index (χ1v) is 7.86. The fourth-order valence-electron chi connectivity index (χ4n) is 1.78. The first kappa shape index (κ1) is 16.8. The van der Waals surface area contributed by atoms with E-state index in [1.165, 1.54) is 6.07 Å². The Morgan fingerprint density at radius 2 is 2.18 bits per heavy atom. The Balaban J connectivity index is 1.69. The van der Waals surface area contributed by atoms with Crippen molar-refractivity contribution < 1.29 is 18.6 Å². The van der Waals surface area contributed by atoms with E-state index < -0.39 is 17.7 Å². The van der Waals surface area contributed by atoms with E-state index in [1.54, 1.807) is 11.3 Å². The van der Waals surface area contributed by atoms with E-state index in [0.29, 0.717) is 13.1 Å². The normalized spacial score (nSPS) is 12.4. The average Bonchev–Trinajstić information content (AvgIpc) is 2.96. The smallest absolute Gasteiger partial charge is 0.162 e. The van der Waals surface area contributed by atoms with Gasteiger partial charge in [-0.2, -0.15) is 0 Å². The topological polar surface area (TPSA) is 54.4 Å². The molecule has 0 radical (unpaired) electrons. The summed E-state index contributed by atoms with van der Waals surface area (Å²) in [4.78, 5) is 4.40. The molecule has 0 aliphatic rings. The van der Waals surface area contributed by atoms with Crippen LogP contribution in [-0.4, -0.2) is 29.3 Å². The van der Waals surface area contributed by atoms with Gasteiger partial charge in [0.15, 0.2) is 11.6 Å². The highest BCUT2D eigenvalue weighted by atomic mass is 32.1. The predicted octanol–water partition coefficient (Wildman–Crippen LogP) is 2.51. The van der Waals surface area contributed by atoms with Gasteiger partial charge in [-0.1, -0.05) is 6.92 Å². The summed E-state index contributed by atoms with van der Waals surface area (Å²) in [6.45, 7) is 2.94. The molecule has 1 aromatic carbocycles. The number of halogens is 2. The lowest BCUT2D eigenvalue weighted by Gasteiger charge is -2.13. The van der Waals surface area contributed by atoms with Crippen LogP contribution in [0.2, 0.25) is 0 Å². The Bertz CT molecular complexity index is 607. The van der Waals surface area contributed by atoms with Gasteiger partial charge in [0, 0.05) is 24.5 Å². The van der Waals surface area contributed by atoms with Crippen molar-refractivity contribution in [3.05, 3.63) is 45.9 Å². The molecule has 0 aliphatic heterocycles. The van der Waals surface area contributed by atoms with Gasteiger partial charge < -0.3 is 15.2 Å². The second-order valence-corrected chi connectivity index (χ2v) is 5.70. The van der Waals surface area contributed by atoms with Gasteiger partial charge in [-0.15, -0.1) is 11.3 Å². The molecule has 2 N–H and O–H groups in total. The molecule has 120 valence electrons. The molecule has 1 heterocycles. The molecule has 2 aromatic rings. The first-order chi connectivity index (χ1) is 10.6. The Morgan fingerprint density at radius 3 is 2.86 bits per heavy atom. The molecule has 0 bridgehead atoms. The summed E-state index contributed by atoms with van der Waals surface area (Å²) in [7, 11) is 0. The monoisotopic (exact) mass is 328 g/mol. The van der Waals surface area contributed by atoms with Crippen molar-refractivity contribution in [3.63, 3.8) is 0 Å². The largest absolute Gasteiger partial charge is 0.491 e. The van der Waals surface area contributed by atoms with Gasteiger partial charge >= 0.3 is 0 Å². The number of benzene rings is 1. The van der Waals surface area contributed by atoms with Crippen molar-refractivity contribution in [2.45, 2.75) is 26.0 Å². The van der Waals surface area contributed by atoms with Crippen molar-refractivity contribution in [2.75, 3.05) is 13.2 Å². The minimum absolute atomic E-state index is 0.00462. The van der Waals surface area contributed by atoms with Gasteiger partial charge in [-0.25, -0.2) is 13.8 Å². The van der Waals surface area contributed by atoms with Crippen LogP contribution in [0.5, 0.6) is 5.75 Å². The Morgan fingerprint density at radius 1 is 1.36 bits per heavy atom. The van der Waals surface area contributed by atoms with Crippen LogP contribution in [0.25, 0.3) is 0 Å². The van der Waals surface area contributed by atoms with Gasteiger partial charge in [0.25, 0.3) is 0 Å². The highest BCUT2D eigenvalue weighted by Crippen LogP contribution is 2.15. The molecular weight excluding hydrogens is 310 g/mol. The predicted molar refractivity (Wildman–Crippen MR) is 81.1 cm³/mol. The van der Waals surface area contributed by atoms with Crippen molar-refractivity contribution in [2.24, 2.45) is 0 Å². The first-order valence-electron chi connectivity index (χ1n) is 6.98. The lowest BCUT2D eigenvalue weighted by atomic mass is 10.3. The number of nitrogens with zero attached hydrogens (tertiary/aromatic N) is 1. The van der Waals surface area contributed by atoms with E-state index in [9.17, 15) is 13.9 Å². The molecule has 2 rings (SSSR count). The maximum absolute atomic E-state index is 13.0. The quantitative estimate of drug-likeness (QED) is 0.782. The fourth-order valence-corrected chi connectivity index (χ4v) is 2.52. The SMILES string of the molecule is CCc1nc(CNCC(O)COc2ccc(F)c(F)c2)cs1. The number of hydrogen-bond donors (Lipinski definition) is 2. The molecule has 0 saturated heterocycles. The van der Waals surface area contributed by atoms with Crippen LogP contribution < -0.4 is 10.1 Å². The summed E-state index contributed by atoms with van der Waals surface area (Å²) in [5, 5.41) is 15.9. The Hall–Kier alpha value is -1.57. The lowest BCUT2D eigenvalue weighted by Crippen LogP contribution is -2.31. The van der Waals surface area contributed by atoms with E-state index in [-0.39, 0.29) is 12.4 Å².